The number of benzene rings is 1. The maximum absolute atomic E-state index is 15.4. The molecule has 0 spiro atoms. The van der Waals surface area contributed by atoms with Gasteiger partial charge in [0.2, 0.25) is 33.6 Å². The first kappa shape index (κ1) is 44.0. The predicted molar refractivity (Wildman–Crippen MR) is 211 cm³/mol. The molecule has 4 aliphatic rings. The van der Waals surface area contributed by atoms with Gasteiger partial charge < -0.3 is 24.8 Å². The van der Waals surface area contributed by atoms with Crippen molar-refractivity contribution in [1.29, 1.82) is 0 Å². The third kappa shape index (κ3) is 8.42. The monoisotopic (exact) mass is 849 g/mol. The van der Waals surface area contributed by atoms with Gasteiger partial charge in [0.25, 0.3) is 11.8 Å². The zero-order valence-corrected chi connectivity index (χ0v) is 35.0. The zero-order chi connectivity index (χ0) is 43.3. The molecule has 0 radical (unpaired) electrons. The number of aromatic nitrogens is 1. The highest BCUT2D eigenvalue weighted by molar-refractivity contribution is 7.91. The fraction of sp³-hybridized carbons (Fsp3) is 0.634. The second kappa shape index (κ2) is 16.1. The maximum atomic E-state index is 15.4. The van der Waals surface area contributed by atoms with E-state index in [9.17, 15) is 32.3 Å². The molecular formula is C41H54F3N5O9S. The lowest BCUT2D eigenvalue weighted by atomic mass is 9.84. The van der Waals surface area contributed by atoms with Gasteiger partial charge in [-0.15, -0.1) is 0 Å². The molecule has 1 aromatic carbocycles. The summed E-state index contributed by atoms with van der Waals surface area (Å²) in [4.78, 5) is 63.0. The number of sulfonamides is 1. The van der Waals surface area contributed by atoms with Crippen LogP contribution in [0.1, 0.15) is 86.5 Å². The topological polar surface area (TPSA) is 185 Å². The van der Waals surface area contributed by atoms with Crippen LogP contribution in [0, 0.1) is 17.8 Å². The molecule has 2 aromatic rings. The summed E-state index contributed by atoms with van der Waals surface area (Å²) in [6.07, 6.45) is 1.92. The van der Waals surface area contributed by atoms with Crippen LogP contribution in [0.3, 0.4) is 0 Å². The van der Waals surface area contributed by atoms with Crippen molar-refractivity contribution in [3.05, 3.63) is 42.5 Å². The van der Waals surface area contributed by atoms with Gasteiger partial charge >= 0.3 is 6.09 Å². The van der Waals surface area contributed by atoms with Crippen LogP contribution < -0.4 is 19.5 Å². The van der Waals surface area contributed by atoms with Gasteiger partial charge in [0.15, 0.2) is 0 Å². The Hall–Kier alpha value is -4.61. The molecule has 1 aromatic heterocycles. The lowest BCUT2D eigenvalue weighted by Crippen LogP contribution is -2.66. The van der Waals surface area contributed by atoms with E-state index < -0.39 is 92.3 Å². The van der Waals surface area contributed by atoms with Gasteiger partial charge in [-0.3, -0.25) is 24.0 Å². The van der Waals surface area contributed by atoms with Gasteiger partial charge in [0.1, 0.15) is 40.7 Å². The number of amides is 4. The van der Waals surface area contributed by atoms with Crippen LogP contribution in [-0.4, -0.2) is 112 Å². The number of fused-ring (bicyclic) bond motifs is 3. The van der Waals surface area contributed by atoms with E-state index in [2.05, 4.69) is 10.3 Å². The number of allylic oxidation sites excluding steroid dienone is 1. The van der Waals surface area contributed by atoms with Crippen molar-refractivity contribution in [2.24, 2.45) is 17.8 Å². The number of nitrogens with one attached hydrogen (secondary N) is 2. The highest BCUT2D eigenvalue weighted by Crippen LogP contribution is 2.48. The highest BCUT2D eigenvalue weighted by atomic mass is 32.2. The molecule has 2 aliphatic heterocycles. The molecule has 4 amide bonds. The molecule has 324 valence electrons. The van der Waals surface area contributed by atoms with E-state index in [1.165, 1.54) is 0 Å². The number of hydrogen-bond acceptors (Lipinski definition) is 9. The molecule has 3 heterocycles. The van der Waals surface area contributed by atoms with Crippen molar-refractivity contribution in [3.63, 3.8) is 0 Å². The summed E-state index contributed by atoms with van der Waals surface area (Å²) in [7, 11) is -4.48. The van der Waals surface area contributed by atoms with Gasteiger partial charge in [-0.25, -0.2) is 26.4 Å². The molecule has 2 aliphatic carbocycles. The molecule has 6 rings (SSSR count). The van der Waals surface area contributed by atoms with Crippen LogP contribution >= 0.6 is 0 Å². The number of nitrogens with zero attached hydrogens (tertiary/aromatic N) is 3. The molecule has 2 saturated carbocycles. The van der Waals surface area contributed by atoms with Crippen LogP contribution in [0.25, 0.3) is 10.8 Å². The van der Waals surface area contributed by atoms with E-state index in [1.54, 1.807) is 44.2 Å². The Kier molecular flexibility index (Phi) is 12.0. The summed E-state index contributed by atoms with van der Waals surface area (Å²) in [5, 5.41) is 14.7. The summed E-state index contributed by atoms with van der Waals surface area (Å²) in [6, 6.07) is 5.76. The average Bonchev–Trinajstić information content (AvgIpc) is 4.06. The number of halogens is 3. The summed E-state index contributed by atoms with van der Waals surface area (Å²) in [5.41, 5.74) is -4.19. The number of rotatable bonds is 11. The van der Waals surface area contributed by atoms with Crippen molar-refractivity contribution in [3.8, 4) is 11.8 Å². The van der Waals surface area contributed by atoms with Crippen LogP contribution in [-0.2, 0) is 24.4 Å². The van der Waals surface area contributed by atoms with Crippen LogP contribution in [0.4, 0.5) is 18.0 Å². The molecule has 59 heavy (non-hydrogen) atoms. The molecule has 14 nitrogen and oxygen atoms in total. The Balaban J connectivity index is 1.43. The minimum Gasteiger partial charge on any atom is -0.478 e. The van der Waals surface area contributed by atoms with E-state index in [-0.39, 0.29) is 56.3 Å². The van der Waals surface area contributed by atoms with Crippen LogP contribution in [0.5, 0.6) is 11.8 Å². The summed E-state index contributed by atoms with van der Waals surface area (Å²) < 4.78 is 83.5. The standard InChI is InChI=1S/C41H54F3N5O9S/c1-7-57-31-19-26-13-9-11-15-29(26)34(45-31)58-28-20-30-33(50)46-41(36(52)47-59(55,56)40(23-42)16-17-40)21-27(41)14-10-8-12-24(2)18-25(3)32(35(51)48(30)22-28)49(37(53)54)38(4,5)39(6,43)44/h9-11,13-15,19,24-25,27-28,30,32H,7-8,12,16-18,20-23H2,1-6H3,(H,46,50)(H,47,52)(H,53,54)/b14-10-/t24-,25+,27+,28+,30-,32-,41+/m0/s1. The fourth-order valence-electron chi connectivity index (χ4n) is 8.43. The largest absolute Gasteiger partial charge is 0.478 e. The van der Waals surface area contributed by atoms with Crippen LogP contribution in [0.2, 0.25) is 0 Å². The lowest BCUT2D eigenvalue weighted by molar-refractivity contribution is -0.156. The van der Waals surface area contributed by atoms with E-state index >= 15 is 13.6 Å². The third-order valence-corrected chi connectivity index (χ3v) is 14.7. The Labute approximate surface area is 342 Å². The number of pyridine rings is 1. The third-order valence-electron chi connectivity index (χ3n) is 12.6. The normalized spacial score (nSPS) is 29.2. The lowest BCUT2D eigenvalue weighted by Gasteiger charge is -2.47. The summed E-state index contributed by atoms with van der Waals surface area (Å²) in [5.74, 6) is -7.70. The number of hydrogen-bond donors (Lipinski definition) is 3. The average molecular weight is 850 g/mol. The molecule has 0 bridgehead atoms. The Bertz CT molecular complexity index is 2110. The quantitative estimate of drug-likeness (QED) is 0.241. The maximum Gasteiger partial charge on any atom is 0.408 e. The van der Waals surface area contributed by atoms with Gasteiger partial charge in [-0.05, 0) is 82.6 Å². The first-order valence-electron chi connectivity index (χ1n) is 20.1. The minimum atomic E-state index is -4.48. The molecule has 3 fully saturated rings. The number of alkyl halides is 3. The van der Waals surface area contributed by atoms with E-state index in [0.717, 1.165) is 24.1 Å². The predicted octanol–water partition coefficient (Wildman–Crippen LogP) is 5.60. The van der Waals surface area contributed by atoms with Gasteiger partial charge in [-0.2, -0.15) is 4.98 Å². The fourth-order valence-corrected chi connectivity index (χ4v) is 9.85. The van der Waals surface area contributed by atoms with E-state index in [4.69, 9.17) is 9.47 Å². The zero-order valence-electron chi connectivity index (χ0n) is 34.2. The Morgan fingerprint density at radius 3 is 2.46 bits per heavy atom. The summed E-state index contributed by atoms with van der Waals surface area (Å²) in [6.45, 7) is 6.78. The van der Waals surface area contributed by atoms with Crippen molar-refractivity contribution >= 4 is 44.6 Å². The summed E-state index contributed by atoms with van der Waals surface area (Å²) >= 11 is 0. The van der Waals surface area contributed by atoms with Crippen molar-refractivity contribution < 1.29 is 55.3 Å². The molecule has 1 saturated heterocycles. The smallest absolute Gasteiger partial charge is 0.408 e. The SMILES string of the molecule is CCOc1cc2ccccc2c(O[C@@H]2C[C@H]3C(=O)N[C@]4(C(=O)NS(=O)(=O)C5(CF)CC5)C[C@H]4/C=C\CC[C@H](C)C[C@@H](C)[C@H](N(C(=O)O)C(C)(C)C(C)(F)F)C(=O)N3C2)n1. The van der Waals surface area contributed by atoms with Gasteiger partial charge in [-0.1, -0.05) is 44.2 Å². The van der Waals surface area contributed by atoms with Gasteiger partial charge in [0, 0.05) is 30.7 Å². The molecule has 7 atom stereocenters. The molecule has 18 heteroatoms. The van der Waals surface area contributed by atoms with Crippen molar-refractivity contribution in [1.82, 2.24) is 24.8 Å². The first-order valence-corrected chi connectivity index (χ1v) is 21.6. The number of carbonyl (C=O) groups excluding carboxylic acids is 3. The van der Waals surface area contributed by atoms with E-state index in [0.29, 0.717) is 36.7 Å². The number of ether oxygens (including phenoxy) is 2. The van der Waals surface area contributed by atoms with E-state index in [1.807, 2.05) is 23.8 Å². The van der Waals surface area contributed by atoms with Gasteiger partial charge in [0.05, 0.1) is 13.2 Å². The second-order valence-electron chi connectivity index (χ2n) is 17.3. The van der Waals surface area contributed by atoms with Crippen molar-refractivity contribution in [2.75, 3.05) is 19.8 Å². The first-order chi connectivity index (χ1) is 27.6. The molecule has 3 N–H and O–H groups in total. The van der Waals surface area contributed by atoms with Crippen molar-refractivity contribution in [2.45, 2.75) is 126 Å². The number of carboxylic acid groups (broad SMARTS) is 1. The number of carbonyl (C=O) groups is 4. The minimum absolute atomic E-state index is 0.00171. The Morgan fingerprint density at radius 1 is 1.14 bits per heavy atom. The second-order valence-corrected chi connectivity index (χ2v) is 19.4. The Morgan fingerprint density at radius 2 is 1.83 bits per heavy atom. The highest BCUT2D eigenvalue weighted by Gasteiger charge is 2.64. The molecule has 0 unspecified atom stereocenters. The molecular weight excluding hydrogens is 796 g/mol. The van der Waals surface area contributed by atoms with Crippen LogP contribution in [0.15, 0.2) is 42.5 Å².